The monoisotopic (exact) mass is 254 g/mol. The maximum atomic E-state index is 12.5. The first-order valence-electron chi connectivity index (χ1n) is 5.46. The second-order valence-corrected chi connectivity index (χ2v) is 4.50. The highest BCUT2D eigenvalue weighted by Gasteiger charge is 2.48. The summed E-state index contributed by atoms with van der Waals surface area (Å²) in [6.07, 6.45) is 1.62. The smallest absolute Gasteiger partial charge is 0.249 e. The molecule has 1 heterocycles. The van der Waals surface area contributed by atoms with Crippen LogP contribution in [0.2, 0.25) is 0 Å². The summed E-state index contributed by atoms with van der Waals surface area (Å²) in [6, 6.07) is 0.328. The fourth-order valence-corrected chi connectivity index (χ4v) is 2.15. The molecule has 0 radical (unpaired) electrons. The van der Waals surface area contributed by atoms with Gasteiger partial charge in [-0.15, -0.1) is 12.4 Å². The molecule has 3 nitrogen and oxygen atoms in total. The lowest BCUT2D eigenvalue weighted by atomic mass is 9.81. The standard InChI is InChI=1S/C10H16F2N2O.ClH/c11-10(12)4-7(5-10)9(15)14-6-8-2-1-3-13-8;/h7-8,13H,1-6H2,(H,14,15);1H. The molecule has 1 aliphatic heterocycles. The Balaban J connectivity index is 0.00000128. The van der Waals surface area contributed by atoms with Gasteiger partial charge in [0, 0.05) is 31.3 Å². The second-order valence-electron chi connectivity index (χ2n) is 4.50. The zero-order valence-corrected chi connectivity index (χ0v) is 9.79. The number of rotatable bonds is 3. The normalized spacial score (nSPS) is 28.0. The average molecular weight is 255 g/mol. The molecular formula is C10H17ClF2N2O. The van der Waals surface area contributed by atoms with E-state index in [0.29, 0.717) is 12.6 Å². The first-order valence-corrected chi connectivity index (χ1v) is 5.46. The van der Waals surface area contributed by atoms with E-state index < -0.39 is 11.8 Å². The summed E-state index contributed by atoms with van der Waals surface area (Å²) in [5, 5.41) is 5.97. The number of carbonyl (C=O) groups is 1. The Morgan fingerprint density at radius 1 is 1.44 bits per heavy atom. The molecular weight excluding hydrogens is 238 g/mol. The molecule has 0 bridgehead atoms. The van der Waals surface area contributed by atoms with Crippen LogP contribution in [0.4, 0.5) is 8.78 Å². The lowest BCUT2D eigenvalue weighted by Gasteiger charge is -2.33. The van der Waals surface area contributed by atoms with Crippen molar-refractivity contribution >= 4 is 18.3 Å². The molecule has 2 fully saturated rings. The molecule has 1 unspecified atom stereocenters. The van der Waals surface area contributed by atoms with E-state index in [0.717, 1.165) is 19.4 Å². The molecule has 1 amide bonds. The van der Waals surface area contributed by atoms with Gasteiger partial charge in [0.25, 0.3) is 0 Å². The molecule has 94 valence electrons. The molecule has 16 heavy (non-hydrogen) atoms. The third kappa shape index (κ3) is 3.28. The van der Waals surface area contributed by atoms with Gasteiger partial charge in [-0.05, 0) is 19.4 Å². The molecule has 1 saturated heterocycles. The van der Waals surface area contributed by atoms with Crippen LogP contribution < -0.4 is 10.6 Å². The minimum atomic E-state index is -2.60. The van der Waals surface area contributed by atoms with Crippen molar-refractivity contribution in [3.05, 3.63) is 0 Å². The van der Waals surface area contributed by atoms with E-state index in [1.807, 2.05) is 0 Å². The quantitative estimate of drug-likeness (QED) is 0.798. The zero-order valence-electron chi connectivity index (χ0n) is 8.97. The summed E-state index contributed by atoms with van der Waals surface area (Å²) in [4.78, 5) is 11.4. The Morgan fingerprint density at radius 2 is 2.12 bits per heavy atom. The third-order valence-corrected chi connectivity index (χ3v) is 3.15. The molecule has 0 aromatic rings. The minimum Gasteiger partial charge on any atom is -0.354 e. The fourth-order valence-electron chi connectivity index (χ4n) is 2.15. The fraction of sp³-hybridized carbons (Fsp3) is 0.900. The third-order valence-electron chi connectivity index (χ3n) is 3.15. The number of alkyl halides is 2. The van der Waals surface area contributed by atoms with Gasteiger partial charge in [0.2, 0.25) is 11.8 Å². The largest absolute Gasteiger partial charge is 0.354 e. The second kappa shape index (κ2) is 5.27. The Bertz CT molecular complexity index is 249. The summed E-state index contributed by atoms with van der Waals surface area (Å²) >= 11 is 0. The van der Waals surface area contributed by atoms with Crippen LogP contribution in [0.15, 0.2) is 0 Å². The highest BCUT2D eigenvalue weighted by molar-refractivity contribution is 5.85. The van der Waals surface area contributed by atoms with Crippen LogP contribution in [0, 0.1) is 5.92 Å². The summed E-state index contributed by atoms with van der Waals surface area (Å²) in [7, 11) is 0. The zero-order chi connectivity index (χ0) is 10.9. The van der Waals surface area contributed by atoms with Crippen LogP contribution in [0.3, 0.4) is 0 Å². The highest BCUT2D eigenvalue weighted by atomic mass is 35.5. The van der Waals surface area contributed by atoms with Gasteiger partial charge < -0.3 is 10.6 Å². The van der Waals surface area contributed by atoms with Crippen molar-refractivity contribution in [3.8, 4) is 0 Å². The predicted molar refractivity (Wildman–Crippen MR) is 59.0 cm³/mol. The van der Waals surface area contributed by atoms with Gasteiger partial charge in [-0.2, -0.15) is 0 Å². The van der Waals surface area contributed by atoms with Gasteiger partial charge in [0.15, 0.2) is 0 Å². The van der Waals surface area contributed by atoms with E-state index in [1.54, 1.807) is 0 Å². The molecule has 6 heteroatoms. The van der Waals surface area contributed by atoms with Gasteiger partial charge in [0.05, 0.1) is 0 Å². The maximum absolute atomic E-state index is 12.5. The molecule has 1 aliphatic carbocycles. The number of halogens is 3. The Kier molecular flexibility index (Phi) is 4.50. The van der Waals surface area contributed by atoms with Crippen molar-refractivity contribution in [1.82, 2.24) is 10.6 Å². The summed E-state index contributed by atoms with van der Waals surface area (Å²) < 4.78 is 25.0. The van der Waals surface area contributed by atoms with E-state index in [9.17, 15) is 13.6 Å². The molecule has 2 N–H and O–H groups in total. The highest BCUT2D eigenvalue weighted by Crippen LogP contribution is 2.42. The first-order chi connectivity index (χ1) is 7.07. The van der Waals surface area contributed by atoms with Gasteiger partial charge in [-0.1, -0.05) is 0 Å². The van der Waals surface area contributed by atoms with Crippen LogP contribution in [0.5, 0.6) is 0 Å². The SMILES string of the molecule is Cl.O=C(NCC1CCCN1)C1CC(F)(F)C1. The van der Waals surface area contributed by atoms with Gasteiger partial charge in [-0.3, -0.25) is 4.79 Å². The lowest BCUT2D eigenvalue weighted by molar-refractivity contribution is -0.150. The molecule has 0 aromatic heterocycles. The van der Waals surface area contributed by atoms with E-state index in [4.69, 9.17) is 0 Å². The van der Waals surface area contributed by atoms with Crippen molar-refractivity contribution in [2.45, 2.75) is 37.6 Å². The van der Waals surface area contributed by atoms with Gasteiger partial charge in [-0.25, -0.2) is 8.78 Å². The van der Waals surface area contributed by atoms with Crippen molar-refractivity contribution in [2.24, 2.45) is 5.92 Å². The van der Waals surface area contributed by atoms with Crippen molar-refractivity contribution in [1.29, 1.82) is 0 Å². The lowest BCUT2D eigenvalue weighted by Crippen LogP contribution is -2.47. The van der Waals surface area contributed by atoms with Gasteiger partial charge >= 0.3 is 0 Å². The number of hydrogen-bond acceptors (Lipinski definition) is 2. The molecule has 1 atom stereocenters. The van der Waals surface area contributed by atoms with E-state index >= 15 is 0 Å². The van der Waals surface area contributed by atoms with Crippen molar-refractivity contribution in [2.75, 3.05) is 13.1 Å². The Hall–Kier alpha value is -0.420. The molecule has 0 aromatic carbocycles. The van der Waals surface area contributed by atoms with Crippen molar-refractivity contribution in [3.63, 3.8) is 0 Å². The Morgan fingerprint density at radius 3 is 2.62 bits per heavy atom. The number of nitrogens with one attached hydrogen (secondary N) is 2. The summed E-state index contributed by atoms with van der Waals surface area (Å²) in [5.74, 6) is -3.29. The van der Waals surface area contributed by atoms with Crippen LogP contribution in [0.1, 0.15) is 25.7 Å². The molecule has 2 aliphatic rings. The topological polar surface area (TPSA) is 41.1 Å². The molecule has 1 saturated carbocycles. The summed E-state index contributed by atoms with van der Waals surface area (Å²) in [5.41, 5.74) is 0. The predicted octanol–water partition coefficient (Wildman–Crippen LogP) is 1.32. The molecule has 2 rings (SSSR count). The number of carbonyl (C=O) groups excluding carboxylic acids is 1. The maximum Gasteiger partial charge on any atom is 0.249 e. The average Bonchev–Trinajstić information content (AvgIpc) is 2.62. The Labute approximate surface area is 99.8 Å². The minimum absolute atomic E-state index is 0. The van der Waals surface area contributed by atoms with E-state index in [1.165, 1.54) is 0 Å². The summed E-state index contributed by atoms with van der Waals surface area (Å²) in [6.45, 7) is 1.56. The first kappa shape index (κ1) is 13.6. The number of amides is 1. The van der Waals surface area contributed by atoms with Gasteiger partial charge in [0.1, 0.15) is 0 Å². The van der Waals surface area contributed by atoms with Crippen LogP contribution >= 0.6 is 12.4 Å². The van der Waals surface area contributed by atoms with E-state index in [-0.39, 0.29) is 31.2 Å². The molecule has 0 spiro atoms. The van der Waals surface area contributed by atoms with E-state index in [2.05, 4.69) is 10.6 Å². The van der Waals surface area contributed by atoms with Crippen LogP contribution in [-0.2, 0) is 4.79 Å². The number of hydrogen-bond donors (Lipinski definition) is 2. The van der Waals surface area contributed by atoms with Crippen LogP contribution in [0.25, 0.3) is 0 Å². The van der Waals surface area contributed by atoms with Crippen LogP contribution in [-0.4, -0.2) is 31.0 Å². The van der Waals surface area contributed by atoms with Crippen molar-refractivity contribution < 1.29 is 13.6 Å².